The highest BCUT2D eigenvalue weighted by molar-refractivity contribution is 7.09. The van der Waals surface area contributed by atoms with Crippen LogP contribution < -0.4 is 10.6 Å². The Kier molecular flexibility index (Phi) is 5.03. The number of aromatic nitrogens is 2. The van der Waals surface area contributed by atoms with Crippen molar-refractivity contribution in [2.75, 3.05) is 17.2 Å². The van der Waals surface area contributed by atoms with Gasteiger partial charge in [0.1, 0.15) is 5.82 Å². The minimum atomic E-state index is -0.152. The monoisotopic (exact) mass is 393 g/mol. The van der Waals surface area contributed by atoms with E-state index in [0.29, 0.717) is 30.2 Å². The highest BCUT2D eigenvalue weighted by atomic mass is 32.1. The average Bonchev–Trinajstić information content (AvgIpc) is 3.11. The van der Waals surface area contributed by atoms with E-state index in [-0.39, 0.29) is 18.4 Å². The van der Waals surface area contributed by atoms with Crippen molar-refractivity contribution in [3.05, 3.63) is 69.8 Å². The molecule has 3 heterocycles. The Hall–Kier alpha value is -3.26. The average molecular weight is 393 g/mol. The maximum atomic E-state index is 13.3. The van der Waals surface area contributed by atoms with E-state index in [1.807, 2.05) is 37.3 Å². The molecule has 0 fully saturated rings. The van der Waals surface area contributed by atoms with E-state index >= 15 is 0 Å². The van der Waals surface area contributed by atoms with Gasteiger partial charge in [-0.15, -0.1) is 11.3 Å². The van der Waals surface area contributed by atoms with Gasteiger partial charge in [-0.3, -0.25) is 9.59 Å². The van der Waals surface area contributed by atoms with E-state index in [0.717, 1.165) is 16.1 Å². The third-order valence-electron chi connectivity index (χ3n) is 4.51. The number of benzene rings is 1. The topological polar surface area (TPSA) is 87.2 Å². The predicted octanol–water partition coefficient (Wildman–Crippen LogP) is 3.05. The summed E-state index contributed by atoms with van der Waals surface area (Å²) in [4.78, 5) is 36.3. The minimum absolute atomic E-state index is 0.147. The summed E-state index contributed by atoms with van der Waals surface area (Å²) < 4.78 is 0. The van der Waals surface area contributed by atoms with Crippen molar-refractivity contribution in [2.24, 2.45) is 0 Å². The first-order valence-electron chi connectivity index (χ1n) is 8.86. The first-order valence-corrected chi connectivity index (χ1v) is 9.74. The molecule has 3 aromatic rings. The van der Waals surface area contributed by atoms with Crippen molar-refractivity contribution < 1.29 is 9.59 Å². The SMILES string of the molecule is Cc1ncsc1CN(Cc1ccccc1)C(=O)c1cnc2c(c1)NC(=O)CN2. The van der Waals surface area contributed by atoms with Crippen molar-refractivity contribution >= 4 is 34.7 Å². The van der Waals surface area contributed by atoms with Gasteiger partial charge < -0.3 is 15.5 Å². The van der Waals surface area contributed by atoms with Gasteiger partial charge in [-0.05, 0) is 18.6 Å². The smallest absolute Gasteiger partial charge is 0.256 e. The number of nitrogens with zero attached hydrogens (tertiary/aromatic N) is 3. The van der Waals surface area contributed by atoms with E-state index in [1.165, 1.54) is 11.3 Å². The summed E-state index contributed by atoms with van der Waals surface area (Å²) in [6.45, 7) is 3.06. The molecule has 0 bridgehead atoms. The number of fused-ring (bicyclic) bond motifs is 1. The van der Waals surface area contributed by atoms with Gasteiger partial charge in [0, 0.05) is 17.6 Å². The molecule has 0 atom stereocenters. The Morgan fingerprint density at radius 3 is 2.79 bits per heavy atom. The number of carbonyl (C=O) groups excluding carboxylic acids is 2. The molecule has 4 rings (SSSR count). The zero-order chi connectivity index (χ0) is 19.5. The molecule has 1 aromatic carbocycles. The summed E-state index contributed by atoms with van der Waals surface area (Å²) in [6, 6.07) is 11.5. The molecule has 0 radical (unpaired) electrons. The van der Waals surface area contributed by atoms with Crippen molar-refractivity contribution in [2.45, 2.75) is 20.0 Å². The standard InChI is InChI=1S/C20H19N5O2S/c1-13-17(28-12-23-13)11-25(10-14-5-3-2-4-6-14)20(27)15-7-16-19(21-8-15)22-9-18(26)24-16/h2-8,12H,9-11H2,1H3,(H,21,22)(H,24,26). The van der Waals surface area contributed by atoms with Crippen LogP contribution in [0.5, 0.6) is 0 Å². The molecule has 1 aliphatic rings. The molecule has 1 aliphatic heterocycles. The number of amides is 2. The van der Waals surface area contributed by atoms with Crippen LogP contribution in [0.25, 0.3) is 0 Å². The highest BCUT2D eigenvalue weighted by Crippen LogP contribution is 2.25. The summed E-state index contributed by atoms with van der Waals surface area (Å²) >= 11 is 1.54. The molecule has 7 nitrogen and oxygen atoms in total. The Bertz CT molecular complexity index is 1020. The number of anilines is 2. The normalized spacial score (nSPS) is 12.7. The molecule has 8 heteroatoms. The summed E-state index contributed by atoms with van der Waals surface area (Å²) in [6.07, 6.45) is 1.54. The van der Waals surface area contributed by atoms with E-state index in [2.05, 4.69) is 20.6 Å². The number of rotatable bonds is 5. The van der Waals surface area contributed by atoms with Gasteiger partial charge in [0.2, 0.25) is 5.91 Å². The molecular formula is C20H19N5O2S. The zero-order valence-corrected chi connectivity index (χ0v) is 16.1. The fraction of sp³-hybridized carbons (Fsp3) is 0.200. The predicted molar refractivity (Wildman–Crippen MR) is 108 cm³/mol. The molecule has 0 unspecified atom stereocenters. The van der Waals surface area contributed by atoms with Crippen LogP contribution in [-0.4, -0.2) is 33.2 Å². The summed E-state index contributed by atoms with van der Waals surface area (Å²) in [5, 5.41) is 5.69. The third-order valence-corrected chi connectivity index (χ3v) is 5.43. The Morgan fingerprint density at radius 1 is 1.21 bits per heavy atom. The largest absolute Gasteiger partial charge is 0.359 e. The van der Waals surface area contributed by atoms with Gasteiger partial charge in [-0.2, -0.15) is 0 Å². The second-order valence-corrected chi connectivity index (χ2v) is 7.47. The van der Waals surface area contributed by atoms with Crippen molar-refractivity contribution in [3.8, 4) is 0 Å². The fourth-order valence-electron chi connectivity index (χ4n) is 3.01. The second-order valence-electron chi connectivity index (χ2n) is 6.53. The quantitative estimate of drug-likeness (QED) is 0.696. The van der Waals surface area contributed by atoms with Gasteiger partial charge in [0.25, 0.3) is 5.91 Å². The van der Waals surface area contributed by atoms with Gasteiger partial charge in [-0.1, -0.05) is 30.3 Å². The van der Waals surface area contributed by atoms with Crippen molar-refractivity contribution in [1.29, 1.82) is 0 Å². The number of pyridine rings is 1. The van der Waals surface area contributed by atoms with E-state index in [1.54, 1.807) is 22.7 Å². The van der Waals surface area contributed by atoms with E-state index in [4.69, 9.17) is 0 Å². The Morgan fingerprint density at radius 2 is 2.04 bits per heavy atom. The van der Waals surface area contributed by atoms with Gasteiger partial charge in [0.05, 0.1) is 35.5 Å². The lowest BCUT2D eigenvalue weighted by Gasteiger charge is -2.24. The van der Waals surface area contributed by atoms with Crippen LogP contribution in [0.2, 0.25) is 0 Å². The van der Waals surface area contributed by atoms with Gasteiger partial charge >= 0.3 is 0 Å². The van der Waals surface area contributed by atoms with Crippen LogP contribution in [0.15, 0.2) is 48.1 Å². The van der Waals surface area contributed by atoms with Crippen LogP contribution in [0.1, 0.15) is 26.5 Å². The van der Waals surface area contributed by atoms with Crippen LogP contribution in [0.4, 0.5) is 11.5 Å². The minimum Gasteiger partial charge on any atom is -0.359 e. The van der Waals surface area contributed by atoms with Crippen LogP contribution in [0.3, 0.4) is 0 Å². The maximum absolute atomic E-state index is 13.3. The van der Waals surface area contributed by atoms with Crippen molar-refractivity contribution in [1.82, 2.24) is 14.9 Å². The molecule has 2 amide bonds. The summed E-state index contributed by atoms with van der Waals surface area (Å²) in [5.41, 5.74) is 4.71. The fourth-order valence-corrected chi connectivity index (χ4v) is 3.81. The number of nitrogens with one attached hydrogen (secondary N) is 2. The molecule has 0 saturated heterocycles. The van der Waals surface area contributed by atoms with Crippen LogP contribution in [-0.2, 0) is 17.9 Å². The molecule has 0 saturated carbocycles. The zero-order valence-electron chi connectivity index (χ0n) is 15.3. The molecular weight excluding hydrogens is 374 g/mol. The number of thiazole rings is 1. The van der Waals surface area contributed by atoms with E-state index < -0.39 is 0 Å². The molecule has 0 spiro atoms. The van der Waals surface area contributed by atoms with Gasteiger partial charge in [0.15, 0.2) is 0 Å². The number of aryl methyl sites for hydroxylation is 1. The number of hydrogen-bond acceptors (Lipinski definition) is 6. The lowest BCUT2D eigenvalue weighted by Crippen LogP contribution is -2.31. The molecule has 142 valence electrons. The second kappa shape index (κ2) is 7.77. The van der Waals surface area contributed by atoms with E-state index in [9.17, 15) is 9.59 Å². The van der Waals surface area contributed by atoms with Gasteiger partial charge in [-0.25, -0.2) is 9.97 Å². The maximum Gasteiger partial charge on any atom is 0.256 e. The van der Waals surface area contributed by atoms with Crippen LogP contribution in [0, 0.1) is 6.92 Å². The molecule has 2 aromatic heterocycles. The summed E-state index contributed by atoms with van der Waals surface area (Å²) in [5.74, 6) is 0.274. The first kappa shape index (κ1) is 18.1. The lowest BCUT2D eigenvalue weighted by atomic mass is 10.1. The Labute approximate surface area is 166 Å². The highest BCUT2D eigenvalue weighted by Gasteiger charge is 2.22. The van der Waals surface area contributed by atoms with Crippen LogP contribution >= 0.6 is 11.3 Å². The van der Waals surface area contributed by atoms with Crippen molar-refractivity contribution in [3.63, 3.8) is 0 Å². The lowest BCUT2D eigenvalue weighted by molar-refractivity contribution is -0.114. The third kappa shape index (κ3) is 3.86. The number of hydrogen-bond donors (Lipinski definition) is 2. The molecule has 28 heavy (non-hydrogen) atoms. The first-order chi connectivity index (χ1) is 13.6. The Balaban J connectivity index is 1.63. The molecule has 0 aliphatic carbocycles. The summed E-state index contributed by atoms with van der Waals surface area (Å²) in [7, 11) is 0. The number of carbonyl (C=O) groups is 2. The molecule has 2 N–H and O–H groups in total.